The number of hydrogen-bond donors (Lipinski definition) is 2. The topological polar surface area (TPSA) is 42.5 Å². The zero-order valence-corrected chi connectivity index (χ0v) is 14.8. The van der Waals surface area contributed by atoms with Crippen molar-refractivity contribution >= 4 is 34.6 Å². The first-order valence-corrected chi connectivity index (χ1v) is 7.84. The van der Waals surface area contributed by atoms with E-state index < -0.39 is 0 Å². The van der Waals surface area contributed by atoms with Crippen LogP contribution in [0, 0.1) is 6.92 Å². The lowest BCUT2D eigenvalue weighted by Gasteiger charge is -2.15. The highest BCUT2D eigenvalue weighted by atomic mass is 35.5. The Labute approximate surface area is 146 Å². The lowest BCUT2D eigenvalue weighted by atomic mass is 10.1. The normalized spacial score (nSPS) is 10.1. The van der Waals surface area contributed by atoms with Crippen LogP contribution in [0.5, 0.6) is 11.5 Å². The number of nitrogens with one attached hydrogen (secondary N) is 2. The van der Waals surface area contributed by atoms with E-state index in [1.54, 1.807) is 14.2 Å². The van der Waals surface area contributed by atoms with Crippen LogP contribution < -0.4 is 20.1 Å². The van der Waals surface area contributed by atoms with Crippen LogP contribution in [0.4, 0.5) is 5.69 Å². The summed E-state index contributed by atoms with van der Waals surface area (Å²) in [7, 11) is 3.23. The summed E-state index contributed by atoms with van der Waals surface area (Å²) in [6, 6.07) is 11.3. The summed E-state index contributed by atoms with van der Waals surface area (Å²) < 4.78 is 10.5. The molecule has 0 unspecified atom stereocenters. The van der Waals surface area contributed by atoms with E-state index in [4.69, 9.17) is 33.3 Å². The van der Waals surface area contributed by atoms with Crippen molar-refractivity contribution < 1.29 is 9.47 Å². The van der Waals surface area contributed by atoms with Crippen LogP contribution in [0.1, 0.15) is 11.1 Å². The van der Waals surface area contributed by atoms with E-state index in [0.717, 1.165) is 27.6 Å². The summed E-state index contributed by atoms with van der Waals surface area (Å²) in [5.41, 5.74) is 3.00. The number of rotatable bonds is 5. The fourth-order valence-electron chi connectivity index (χ4n) is 2.11. The first-order chi connectivity index (χ1) is 11.0. The van der Waals surface area contributed by atoms with Gasteiger partial charge in [-0.1, -0.05) is 17.7 Å². The minimum Gasteiger partial charge on any atom is -0.497 e. The Morgan fingerprint density at radius 3 is 2.57 bits per heavy atom. The molecule has 0 aliphatic heterocycles. The lowest BCUT2D eigenvalue weighted by Crippen LogP contribution is -2.28. The van der Waals surface area contributed by atoms with Crippen molar-refractivity contribution in [3.05, 3.63) is 52.5 Å². The molecule has 0 aromatic heterocycles. The molecule has 2 rings (SSSR count). The molecule has 2 aromatic carbocycles. The summed E-state index contributed by atoms with van der Waals surface area (Å²) in [5.74, 6) is 1.42. The molecule has 0 saturated heterocycles. The maximum Gasteiger partial charge on any atom is 0.171 e. The first kappa shape index (κ1) is 17.4. The average Bonchev–Trinajstić information content (AvgIpc) is 2.54. The zero-order valence-electron chi connectivity index (χ0n) is 13.3. The van der Waals surface area contributed by atoms with E-state index >= 15 is 0 Å². The van der Waals surface area contributed by atoms with Gasteiger partial charge in [0.15, 0.2) is 5.11 Å². The Bertz CT molecular complexity index is 707. The van der Waals surface area contributed by atoms with Gasteiger partial charge in [-0.25, -0.2) is 0 Å². The highest BCUT2D eigenvalue weighted by molar-refractivity contribution is 7.80. The fourth-order valence-corrected chi connectivity index (χ4v) is 2.52. The molecule has 0 spiro atoms. The number of thiocarbonyl (C=S) groups is 1. The molecule has 4 nitrogen and oxygen atoms in total. The molecule has 0 aliphatic rings. The molecule has 0 saturated carbocycles. The summed E-state index contributed by atoms with van der Waals surface area (Å²) in [4.78, 5) is 0. The number of halogens is 1. The number of methoxy groups -OCH3 is 2. The molecule has 0 atom stereocenters. The minimum absolute atomic E-state index is 0.505. The largest absolute Gasteiger partial charge is 0.497 e. The summed E-state index contributed by atoms with van der Waals surface area (Å²) >= 11 is 11.3. The zero-order chi connectivity index (χ0) is 16.8. The van der Waals surface area contributed by atoms with Crippen molar-refractivity contribution in [2.24, 2.45) is 0 Å². The second-order valence-electron chi connectivity index (χ2n) is 4.94. The molecule has 0 radical (unpaired) electrons. The molecule has 0 aliphatic carbocycles. The van der Waals surface area contributed by atoms with Gasteiger partial charge in [0.1, 0.15) is 11.5 Å². The first-order valence-electron chi connectivity index (χ1n) is 7.05. The van der Waals surface area contributed by atoms with Gasteiger partial charge in [-0.3, -0.25) is 0 Å². The third kappa shape index (κ3) is 4.74. The summed E-state index contributed by atoms with van der Waals surface area (Å²) in [6.07, 6.45) is 0. The standard InChI is InChI=1S/C17H19ClN2O2S/c1-11-8-13(18)5-4-12(11)10-19-17(23)20-15-9-14(21-2)6-7-16(15)22-3/h4-9H,10H2,1-3H3,(H2,19,20,23). The molecule has 0 heterocycles. The maximum atomic E-state index is 5.96. The van der Waals surface area contributed by atoms with Crippen LogP contribution in [-0.4, -0.2) is 19.3 Å². The van der Waals surface area contributed by atoms with Gasteiger partial charge in [0.25, 0.3) is 0 Å². The number of aryl methyl sites for hydroxylation is 1. The van der Waals surface area contributed by atoms with Crippen LogP contribution in [0.2, 0.25) is 5.02 Å². The molecule has 0 amide bonds. The van der Waals surface area contributed by atoms with E-state index in [0.29, 0.717) is 17.4 Å². The van der Waals surface area contributed by atoms with Crippen molar-refractivity contribution in [1.29, 1.82) is 0 Å². The van der Waals surface area contributed by atoms with Crippen molar-refractivity contribution in [2.75, 3.05) is 19.5 Å². The fraction of sp³-hybridized carbons (Fsp3) is 0.235. The van der Waals surface area contributed by atoms with E-state index in [1.807, 2.05) is 43.3 Å². The lowest BCUT2D eigenvalue weighted by molar-refractivity contribution is 0.405. The average molecular weight is 351 g/mol. The van der Waals surface area contributed by atoms with Gasteiger partial charge in [0, 0.05) is 17.6 Å². The van der Waals surface area contributed by atoms with Crippen LogP contribution in [0.3, 0.4) is 0 Å². The van der Waals surface area contributed by atoms with Crippen molar-refractivity contribution in [3.8, 4) is 11.5 Å². The molecule has 2 aromatic rings. The number of benzene rings is 2. The van der Waals surface area contributed by atoms with E-state index in [2.05, 4.69) is 10.6 Å². The Morgan fingerprint density at radius 2 is 1.91 bits per heavy atom. The highest BCUT2D eigenvalue weighted by Gasteiger charge is 2.07. The van der Waals surface area contributed by atoms with Gasteiger partial charge < -0.3 is 20.1 Å². The quantitative estimate of drug-likeness (QED) is 0.793. The maximum absolute atomic E-state index is 5.96. The van der Waals surface area contributed by atoms with Gasteiger partial charge in [-0.2, -0.15) is 0 Å². The second-order valence-corrected chi connectivity index (χ2v) is 5.79. The van der Waals surface area contributed by atoms with Crippen LogP contribution in [0.15, 0.2) is 36.4 Å². The summed E-state index contributed by atoms with van der Waals surface area (Å²) in [6.45, 7) is 2.63. The van der Waals surface area contributed by atoms with Gasteiger partial charge >= 0.3 is 0 Å². The predicted molar refractivity (Wildman–Crippen MR) is 98.8 cm³/mol. The van der Waals surface area contributed by atoms with Gasteiger partial charge in [-0.05, 0) is 54.5 Å². The van der Waals surface area contributed by atoms with Gasteiger partial charge in [-0.15, -0.1) is 0 Å². The van der Waals surface area contributed by atoms with Crippen molar-refractivity contribution in [2.45, 2.75) is 13.5 Å². The molecule has 122 valence electrons. The molecule has 2 N–H and O–H groups in total. The van der Waals surface area contributed by atoms with Crippen molar-refractivity contribution in [3.63, 3.8) is 0 Å². The van der Waals surface area contributed by atoms with Gasteiger partial charge in [0.05, 0.1) is 19.9 Å². The molecular formula is C17H19ClN2O2S. The monoisotopic (exact) mass is 350 g/mol. The molecular weight excluding hydrogens is 332 g/mol. The molecule has 0 fully saturated rings. The SMILES string of the molecule is COc1ccc(OC)c(NC(=S)NCc2ccc(Cl)cc2C)c1. The smallest absolute Gasteiger partial charge is 0.171 e. The van der Waals surface area contributed by atoms with Crippen LogP contribution in [0.25, 0.3) is 0 Å². The Balaban J connectivity index is 2.02. The van der Waals surface area contributed by atoms with Gasteiger partial charge in [0.2, 0.25) is 0 Å². The predicted octanol–water partition coefficient (Wildman–Crippen LogP) is 4.15. The highest BCUT2D eigenvalue weighted by Crippen LogP contribution is 2.28. The number of hydrogen-bond acceptors (Lipinski definition) is 3. The van der Waals surface area contributed by atoms with Crippen molar-refractivity contribution in [1.82, 2.24) is 5.32 Å². The second kappa shape index (κ2) is 8.04. The number of ether oxygens (including phenoxy) is 2. The van der Waals surface area contributed by atoms with Crippen LogP contribution >= 0.6 is 23.8 Å². The minimum atomic E-state index is 0.505. The van der Waals surface area contributed by atoms with E-state index in [1.165, 1.54) is 0 Å². The molecule has 0 bridgehead atoms. The molecule has 23 heavy (non-hydrogen) atoms. The molecule has 6 heteroatoms. The summed E-state index contributed by atoms with van der Waals surface area (Å²) in [5, 5.41) is 7.54. The van der Waals surface area contributed by atoms with E-state index in [-0.39, 0.29) is 0 Å². The van der Waals surface area contributed by atoms with Crippen LogP contribution in [-0.2, 0) is 6.54 Å². The Hall–Kier alpha value is -1.98. The third-order valence-corrected chi connectivity index (χ3v) is 3.88. The third-order valence-electron chi connectivity index (χ3n) is 3.40. The van der Waals surface area contributed by atoms with E-state index in [9.17, 15) is 0 Å². The number of anilines is 1. The Kier molecular flexibility index (Phi) is 6.07. The Morgan fingerprint density at radius 1 is 1.13 bits per heavy atom.